The Morgan fingerprint density at radius 3 is 2.67 bits per heavy atom. The number of non-ortho nitro benzene ring substituents is 1. The number of nitro groups is 1. The fourth-order valence-corrected chi connectivity index (χ4v) is 2.33. The highest BCUT2D eigenvalue weighted by atomic mass is 16.6. The van der Waals surface area contributed by atoms with Crippen molar-refractivity contribution in [3.63, 3.8) is 0 Å². The molecule has 0 fully saturated rings. The van der Waals surface area contributed by atoms with Gasteiger partial charge in [0.15, 0.2) is 0 Å². The first-order valence-corrected chi connectivity index (χ1v) is 7.02. The first-order chi connectivity index (χ1) is 10.1. The van der Waals surface area contributed by atoms with Crippen LogP contribution in [0.25, 0.3) is 0 Å². The van der Waals surface area contributed by atoms with Crippen LogP contribution in [0.1, 0.15) is 43.5 Å². The van der Waals surface area contributed by atoms with Gasteiger partial charge in [0.2, 0.25) is 0 Å². The molecule has 0 saturated carbocycles. The van der Waals surface area contributed by atoms with Gasteiger partial charge in [-0.2, -0.15) is 0 Å². The number of nitrogens with zero attached hydrogens (tertiary/aromatic N) is 2. The van der Waals surface area contributed by atoms with Crippen LogP contribution in [0.2, 0.25) is 0 Å². The van der Waals surface area contributed by atoms with E-state index in [1.807, 2.05) is 24.4 Å². The number of nitrogens with one attached hydrogen (secondary N) is 1. The zero-order valence-electron chi connectivity index (χ0n) is 12.2. The Bertz CT molecular complexity index is 601. The predicted octanol–water partition coefficient (Wildman–Crippen LogP) is 3.79. The van der Waals surface area contributed by atoms with Crippen molar-refractivity contribution in [3.8, 4) is 0 Å². The molecule has 110 valence electrons. The zero-order chi connectivity index (χ0) is 15.2. The van der Waals surface area contributed by atoms with E-state index in [0.717, 1.165) is 17.5 Å². The Morgan fingerprint density at radius 1 is 1.29 bits per heavy atom. The Labute approximate surface area is 124 Å². The summed E-state index contributed by atoms with van der Waals surface area (Å²) in [6.07, 6.45) is 4.43. The van der Waals surface area contributed by atoms with E-state index in [-0.39, 0.29) is 22.7 Å². The smallest absolute Gasteiger partial charge is 0.269 e. The summed E-state index contributed by atoms with van der Waals surface area (Å²) in [5.41, 5.74) is 2.16. The van der Waals surface area contributed by atoms with Crippen molar-refractivity contribution >= 4 is 5.69 Å². The second-order valence-electron chi connectivity index (χ2n) is 4.99. The average molecular weight is 285 g/mol. The minimum absolute atomic E-state index is 0.0695. The number of rotatable bonds is 6. The van der Waals surface area contributed by atoms with Crippen molar-refractivity contribution in [2.45, 2.75) is 32.4 Å². The van der Waals surface area contributed by atoms with Gasteiger partial charge in [0.1, 0.15) is 0 Å². The molecule has 1 N–H and O–H groups in total. The standard InChI is InChI=1S/C16H19N3O2/c1-3-16(13-6-4-8-15(10-13)19(20)21)18-12(2)14-7-5-9-17-11-14/h4-12,16,18H,3H2,1-2H3/t12-,16?/m1/s1. The fraction of sp³-hybridized carbons (Fsp3) is 0.312. The van der Waals surface area contributed by atoms with E-state index in [1.165, 1.54) is 6.07 Å². The first kappa shape index (κ1) is 15.1. The van der Waals surface area contributed by atoms with Gasteiger partial charge in [0.05, 0.1) is 4.92 Å². The van der Waals surface area contributed by atoms with Crippen molar-refractivity contribution in [1.82, 2.24) is 10.3 Å². The summed E-state index contributed by atoms with van der Waals surface area (Å²) in [6.45, 7) is 4.13. The summed E-state index contributed by atoms with van der Waals surface area (Å²) in [7, 11) is 0. The highest BCUT2D eigenvalue weighted by Crippen LogP contribution is 2.24. The second-order valence-corrected chi connectivity index (χ2v) is 4.99. The van der Waals surface area contributed by atoms with Crippen molar-refractivity contribution < 1.29 is 4.92 Å². The molecule has 2 aromatic rings. The molecular formula is C16H19N3O2. The molecule has 0 aliphatic heterocycles. The monoisotopic (exact) mass is 285 g/mol. The third-order valence-electron chi connectivity index (χ3n) is 3.53. The van der Waals surface area contributed by atoms with Gasteiger partial charge in [-0.05, 0) is 30.5 Å². The Balaban J connectivity index is 2.16. The number of nitro benzene ring substituents is 1. The molecular weight excluding hydrogens is 266 g/mol. The van der Waals surface area contributed by atoms with Crippen molar-refractivity contribution in [2.24, 2.45) is 0 Å². The van der Waals surface area contributed by atoms with E-state index in [0.29, 0.717) is 0 Å². The molecule has 0 spiro atoms. The summed E-state index contributed by atoms with van der Waals surface area (Å²) in [6, 6.07) is 10.9. The summed E-state index contributed by atoms with van der Waals surface area (Å²) in [5.74, 6) is 0. The molecule has 0 aliphatic rings. The molecule has 5 heteroatoms. The van der Waals surface area contributed by atoms with E-state index in [2.05, 4.69) is 24.1 Å². The van der Waals surface area contributed by atoms with E-state index in [9.17, 15) is 10.1 Å². The van der Waals surface area contributed by atoms with Crippen molar-refractivity contribution in [3.05, 3.63) is 70.0 Å². The van der Waals surface area contributed by atoms with E-state index < -0.39 is 0 Å². The maximum Gasteiger partial charge on any atom is 0.269 e. The Morgan fingerprint density at radius 2 is 2.05 bits per heavy atom. The maximum absolute atomic E-state index is 10.9. The van der Waals surface area contributed by atoms with Gasteiger partial charge in [0.25, 0.3) is 5.69 Å². The van der Waals surface area contributed by atoms with Gasteiger partial charge >= 0.3 is 0 Å². The Hall–Kier alpha value is -2.27. The molecule has 21 heavy (non-hydrogen) atoms. The summed E-state index contributed by atoms with van der Waals surface area (Å²) in [4.78, 5) is 14.6. The van der Waals surface area contributed by atoms with Gasteiger partial charge < -0.3 is 5.32 Å². The summed E-state index contributed by atoms with van der Waals surface area (Å²) >= 11 is 0. The lowest BCUT2D eigenvalue weighted by molar-refractivity contribution is -0.384. The van der Waals surface area contributed by atoms with E-state index in [4.69, 9.17) is 0 Å². The molecule has 0 radical (unpaired) electrons. The van der Waals surface area contributed by atoms with Gasteiger partial charge in [-0.3, -0.25) is 15.1 Å². The van der Waals surface area contributed by atoms with Gasteiger partial charge in [-0.25, -0.2) is 0 Å². The molecule has 2 rings (SSSR count). The quantitative estimate of drug-likeness (QED) is 0.647. The van der Waals surface area contributed by atoms with Crippen LogP contribution in [0.3, 0.4) is 0 Å². The highest BCUT2D eigenvalue weighted by molar-refractivity contribution is 5.36. The molecule has 1 aromatic carbocycles. The van der Waals surface area contributed by atoms with Crippen LogP contribution in [0, 0.1) is 10.1 Å². The number of pyridine rings is 1. The van der Waals surface area contributed by atoms with Crippen molar-refractivity contribution in [1.29, 1.82) is 0 Å². The van der Waals surface area contributed by atoms with E-state index >= 15 is 0 Å². The molecule has 5 nitrogen and oxygen atoms in total. The molecule has 1 unspecified atom stereocenters. The normalized spacial score (nSPS) is 13.6. The van der Waals surface area contributed by atoms with Gasteiger partial charge in [0, 0.05) is 36.6 Å². The van der Waals surface area contributed by atoms with Gasteiger partial charge in [-0.15, -0.1) is 0 Å². The number of hydrogen-bond acceptors (Lipinski definition) is 4. The van der Waals surface area contributed by atoms with Crippen LogP contribution in [-0.4, -0.2) is 9.91 Å². The van der Waals surface area contributed by atoms with Crippen LogP contribution in [-0.2, 0) is 0 Å². The molecule has 2 atom stereocenters. The zero-order valence-corrected chi connectivity index (χ0v) is 12.2. The lowest BCUT2D eigenvalue weighted by Crippen LogP contribution is -2.24. The number of benzene rings is 1. The van der Waals surface area contributed by atoms with Crippen molar-refractivity contribution in [2.75, 3.05) is 0 Å². The minimum atomic E-state index is -0.360. The van der Waals surface area contributed by atoms with E-state index in [1.54, 1.807) is 18.3 Å². The molecule has 1 heterocycles. The third-order valence-corrected chi connectivity index (χ3v) is 3.53. The topological polar surface area (TPSA) is 68.1 Å². The largest absolute Gasteiger partial charge is 0.303 e. The minimum Gasteiger partial charge on any atom is -0.303 e. The maximum atomic E-state index is 10.9. The number of hydrogen-bond donors (Lipinski definition) is 1. The van der Waals surface area contributed by atoms with Crippen LogP contribution in [0.4, 0.5) is 5.69 Å². The fourth-order valence-electron chi connectivity index (χ4n) is 2.33. The molecule has 1 aromatic heterocycles. The lowest BCUT2D eigenvalue weighted by atomic mass is 10.0. The molecule has 0 bridgehead atoms. The molecule has 0 amide bonds. The number of aromatic nitrogens is 1. The Kier molecular flexibility index (Phi) is 5.00. The van der Waals surface area contributed by atoms with Crippen LogP contribution in [0.15, 0.2) is 48.8 Å². The van der Waals surface area contributed by atoms with Crippen LogP contribution >= 0.6 is 0 Å². The highest BCUT2D eigenvalue weighted by Gasteiger charge is 2.16. The summed E-state index contributed by atoms with van der Waals surface area (Å²) in [5, 5.41) is 14.4. The SMILES string of the molecule is CCC(N[C@H](C)c1cccnc1)c1cccc([N+](=O)[O-])c1. The molecule has 0 aliphatic carbocycles. The van der Waals surface area contributed by atoms with Crippen LogP contribution in [0.5, 0.6) is 0 Å². The lowest BCUT2D eigenvalue weighted by Gasteiger charge is -2.22. The first-order valence-electron chi connectivity index (χ1n) is 7.02. The molecule has 0 saturated heterocycles. The average Bonchev–Trinajstić information content (AvgIpc) is 2.53. The predicted molar refractivity (Wildman–Crippen MR) is 81.9 cm³/mol. The van der Waals surface area contributed by atoms with Gasteiger partial charge in [-0.1, -0.05) is 25.1 Å². The second kappa shape index (κ2) is 6.95. The summed E-state index contributed by atoms with van der Waals surface area (Å²) < 4.78 is 0. The third kappa shape index (κ3) is 3.86. The van der Waals surface area contributed by atoms with Crippen LogP contribution < -0.4 is 5.32 Å².